The van der Waals surface area contributed by atoms with Crippen LogP contribution in [-0.2, 0) is 28.6 Å². The van der Waals surface area contributed by atoms with Gasteiger partial charge in [-0.2, -0.15) is 0 Å². The van der Waals surface area contributed by atoms with E-state index < -0.39 is 6.10 Å². The molecular weight excluding hydrogens is 973 g/mol. The molecule has 0 saturated carbocycles. The number of allylic oxidation sites excluding steroid dienone is 10. The molecule has 0 aliphatic rings. The monoisotopic (exact) mass is 1110 g/mol. The van der Waals surface area contributed by atoms with Crippen LogP contribution in [0.15, 0.2) is 60.8 Å². The number of rotatable bonds is 64. The maximum atomic E-state index is 12.9. The van der Waals surface area contributed by atoms with Crippen LogP contribution < -0.4 is 0 Å². The number of hydrogen-bond acceptors (Lipinski definition) is 6. The van der Waals surface area contributed by atoms with Crippen LogP contribution in [0.3, 0.4) is 0 Å². The summed E-state index contributed by atoms with van der Waals surface area (Å²) < 4.78 is 17.0. The first kappa shape index (κ1) is 76.1. The molecule has 6 nitrogen and oxygen atoms in total. The molecule has 0 aliphatic heterocycles. The van der Waals surface area contributed by atoms with Crippen molar-refractivity contribution in [3.8, 4) is 0 Å². The SMILES string of the molecule is CC/C=C\C/C=C\C/C=C\C/C=C\C/C=C\CCCCCCCCCCCCCCCCCCCC(=O)OCC(COC(=O)CCCCCCCCCCCCCC)OC(=O)CCCCCCCCCCCCCCCCCC. The van der Waals surface area contributed by atoms with Gasteiger partial charge < -0.3 is 14.2 Å². The Hall–Kier alpha value is -2.89. The zero-order valence-electron chi connectivity index (χ0n) is 52.9. The van der Waals surface area contributed by atoms with Crippen molar-refractivity contribution >= 4 is 17.9 Å². The Balaban J connectivity index is 4.11. The van der Waals surface area contributed by atoms with Gasteiger partial charge in [-0.3, -0.25) is 14.4 Å². The highest BCUT2D eigenvalue weighted by Crippen LogP contribution is 2.18. The van der Waals surface area contributed by atoms with Gasteiger partial charge in [0.2, 0.25) is 0 Å². The van der Waals surface area contributed by atoms with E-state index in [0.717, 1.165) is 89.9 Å². The summed E-state index contributed by atoms with van der Waals surface area (Å²) in [4.78, 5) is 38.3. The van der Waals surface area contributed by atoms with Gasteiger partial charge in [-0.15, -0.1) is 0 Å². The largest absolute Gasteiger partial charge is 0.462 e. The van der Waals surface area contributed by atoms with E-state index in [2.05, 4.69) is 81.5 Å². The number of hydrogen-bond donors (Lipinski definition) is 0. The molecule has 460 valence electrons. The van der Waals surface area contributed by atoms with Crippen LogP contribution in [0.4, 0.5) is 0 Å². The standard InChI is InChI=1S/C73H132O6/c1-4-7-10-13-16-19-22-25-27-29-30-31-32-33-34-35-36-37-38-39-40-41-42-43-44-45-47-48-51-54-57-60-63-66-72(75)78-69-70(68-77-71(74)65-62-59-56-53-50-24-21-18-15-12-9-6-3)79-73(76)67-64-61-58-55-52-49-46-28-26-23-20-17-14-11-8-5-2/h7,10,16,19,25,27,30-31,33-34,70H,4-6,8-9,11-15,17-18,20-24,26,28-29,32,35-69H2,1-3H3/b10-7-,19-16-,27-25-,31-30-,34-33-. The first-order valence-electron chi connectivity index (χ1n) is 34.8. The summed E-state index contributed by atoms with van der Waals surface area (Å²) in [6, 6.07) is 0. The summed E-state index contributed by atoms with van der Waals surface area (Å²) in [7, 11) is 0. The van der Waals surface area contributed by atoms with Gasteiger partial charge in [0.25, 0.3) is 0 Å². The second-order valence-electron chi connectivity index (χ2n) is 23.4. The van der Waals surface area contributed by atoms with E-state index >= 15 is 0 Å². The zero-order chi connectivity index (χ0) is 57.1. The summed E-state index contributed by atoms with van der Waals surface area (Å²) in [5.74, 6) is -0.840. The molecule has 0 aromatic carbocycles. The Kier molecular flexibility index (Phi) is 65.1. The minimum absolute atomic E-state index is 0.0661. The van der Waals surface area contributed by atoms with E-state index in [1.54, 1.807) is 0 Å². The molecule has 0 rings (SSSR count). The van der Waals surface area contributed by atoms with Gasteiger partial charge >= 0.3 is 17.9 Å². The molecule has 0 amide bonds. The van der Waals surface area contributed by atoms with Gasteiger partial charge in [0.15, 0.2) is 6.10 Å². The Morgan fingerprint density at radius 1 is 0.266 bits per heavy atom. The molecule has 0 radical (unpaired) electrons. The Morgan fingerprint density at radius 2 is 0.494 bits per heavy atom. The van der Waals surface area contributed by atoms with Crippen molar-refractivity contribution in [3.63, 3.8) is 0 Å². The van der Waals surface area contributed by atoms with E-state index in [4.69, 9.17) is 14.2 Å². The lowest BCUT2D eigenvalue weighted by atomic mass is 10.0. The van der Waals surface area contributed by atoms with Crippen LogP contribution in [0.25, 0.3) is 0 Å². The highest BCUT2D eigenvalue weighted by atomic mass is 16.6. The van der Waals surface area contributed by atoms with Crippen LogP contribution in [0, 0.1) is 0 Å². The highest BCUT2D eigenvalue weighted by molar-refractivity contribution is 5.71. The first-order valence-corrected chi connectivity index (χ1v) is 34.8. The normalized spacial score (nSPS) is 12.4. The summed E-state index contributed by atoms with van der Waals surface area (Å²) in [6.07, 6.45) is 86.8. The van der Waals surface area contributed by atoms with Crippen molar-refractivity contribution in [2.45, 2.75) is 374 Å². The lowest BCUT2D eigenvalue weighted by molar-refractivity contribution is -0.167. The Bertz CT molecular complexity index is 1410. The van der Waals surface area contributed by atoms with Crippen LogP contribution in [0.5, 0.6) is 0 Å². The van der Waals surface area contributed by atoms with E-state index in [-0.39, 0.29) is 31.1 Å². The quantitative estimate of drug-likeness (QED) is 0.0261. The summed E-state index contributed by atoms with van der Waals surface area (Å²) in [5.41, 5.74) is 0. The second kappa shape index (κ2) is 67.6. The van der Waals surface area contributed by atoms with Crippen LogP contribution in [0.2, 0.25) is 0 Å². The number of esters is 3. The summed E-state index contributed by atoms with van der Waals surface area (Å²) in [6.45, 7) is 6.58. The van der Waals surface area contributed by atoms with E-state index in [1.807, 2.05) is 0 Å². The Labute approximate surface area is 491 Å². The predicted molar refractivity (Wildman–Crippen MR) is 344 cm³/mol. The van der Waals surface area contributed by atoms with Crippen LogP contribution in [-0.4, -0.2) is 37.2 Å². The number of carbonyl (C=O) groups excluding carboxylic acids is 3. The second-order valence-corrected chi connectivity index (χ2v) is 23.4. The third-order valence-corrected chi connectivity index (χ3v) is 15.5. The fraction of sp³-hybridized carbons (Fsp3) is 0.822. The molecule has 0 heterocycles. The molecule has 1 atom stereocenters. The number of carbonyl (C=O) groups is 3. The highest BCUT2D eigenvalue weighted by Gasteiger charge is 2.19. The fourth-order valence-corrected chi connectivity index (χ4v) is 10.4. The van der Waals surface area contributed by atoms with Crippen LogP contribution in [0.1, 0.15) is 367 Å². The van der Waals surface area contributed by atoms with Crippen molar-refractivity contribution in [2.75, 3.05) is 13.2 Å². The van der Waals surface area contributed by atoms with Gasteiger partial charge in [-0.25, -0.2) is 0 Å². The lowest BCUT2D eigenvalue weighted by Gasteiger charge is -2.18. The molecule has 0 bridgehead atoms. The molecule has 1 unspecified atom stereocenters. The third kappa shape index (κ3) is 65.8. The fourth-order valence-electron chi connectivity index (χ4n) is 10.4. The molecule has 79 heavy (non-hydrogen) atoms. The number of ether oxygens (including phenoxy) is 3. The van der Waals surface area contributed by atoms with Gasteiger partial charge in [0, 0.05) is 19.3 Å². The molecule has 0 aromatic heterocycles. The summed E-state index contributed by atoms with van der Waals surface area (Å²) in [5, 5.41) is 0. The smallest absolute Gasteiger partial charge is 0.306 e. The minimum atomic E-state index is -0.768. The predicted octanol–water partition coefficient (Wildman–Crippen LogP) is 23.9. The van der Waals surface area contributed by atoms with Gasteiger partial charge in [-0.1, -0.05) is 345 Å². The van der Waals surface area contributed by atoms with Gasteiger partial charge in [0.05, 0.1) is 0 Å². The molecule has 0 N–H and O–H groups in total. The van der Waals surface area contributed by atoms with Gasteiger partial charge in [0.1, 0.15) is 13.2 Å². The average molecular weight is 1110 g/mol. The molecule has 0 fully saturated rings. The van der Waals surface area contributed by atoms with Crippen molar-refractivity contribution in [2.24, 2.45) is 0 Å². The van der Waals surface area contributed by atoms with Gasteiger partial charge in [-0.05, 0) is 64.2 Å². The average Bonchev–Trinajstić information content (AvgIpc) is 3.45. The van der Waals surface area contributed by atoms with Crippen molar-refractivity contribution in [1.82, 2.24) is 0 Å². The lowest BCUT2D eigenvalue weighted by Crippen LogP contribution is -2.30. The molecule has 0 aromatic rings. The maximum absolute atomic E-state index is 12.9. The van der Waals surface area contributed by atoms with E-state index in [0.29, 0.717) is 19.3 Å². The molecule has 0 saturated heterocycles. The van der Waals surface area contributed by atoms with E-state index in [1.165, 1.54) is 238 Å². The first-order chi connectivity index (χ1) is 39.0. The maximum Gasteiger partial charge on any atom is 0.306 e. The molecule has 6 heteroatoms. The van der Waals surface area contributed by atoms with Crippen LogP contribution >= 0.6 is 0 Å². The Morgan fingerprint density at radius 3 is 0.772 bits per heavy atom. The molecular formula is C73H132O6. The molecule has 0 spiro atoms. The van der Waals surface area contributed by atoms with Crippen molar-refractivity contribution in [3.05, 3.63) is 60.8 Å². The van der Waals surface area contributed by atoms with E-state index in [9.17, 15) is 14.4 Å². The van der Waals surface area contributed by atoms with Crippen molar-refractivity contribution in [1.29, 1.82) is 0 Å². The minimum Gasteiger partial charge on any atom is -0.462 e. The topological polar surface area (TPSA) is 78.9 Å². The number of unbranched alkanes of at least 4 members (excludes halogenated alkanes) is 43. The van der Waals surface area contributed by atoms with Crippen molar-refractivity contribution < 1.29 is 28.6 Å². The summed E-state index contributed by atoms with van der Waals surface area (Å²) >= 11 is 0. The zero-order valence-corrected chi connectivity index (χ0v) is 52.9. The molecule has 0 aliphatic carbocycles. The third-order valence-electron chi connectivity index (χ3n) is 15.5.